The van der Waals surface area contributed by atoms with Gasteiger partial charge in [0.05, 0.1) is 12.8 Å². The van der Waals surface area contributed by atoms with E-state index in [0.29, 0.717) is 25.3 Å². The largest absolute Gasteiger partial charge is 0.486 e. The van der Waals surface area contributed by atoms with Crippen LogP contribution in [0.2, 0.25) is 0 Å². The Morgan fingerprint density at radius 2 is 2.09 bits per heavy atom. The predicted octanol–water partition coefficient (Wildman–Crippen LogP) is 2.35. The van der Waals surface area contributed by atoms with Gasteiger partial charge in [-0.2, -0.15) is 0 Å². The van der Waals surface area contributed by atoms with Crippen LogP contribution < -0.4 is 20.1 Å². The number of furan rings is 1. The molecule has 0 aliphatic carbocycles. The van der Waals surface area contributed by atoms with Crippen molar-refractivity contribution in [1.82, 2.24) is 10.6 Å². The molecule has 2 heterocycles. The highest BCUT2D eigenvalue weighted by Crippen LogP contribution is 2.30. The Labute approximate surface area is 134 Å². The summed E-state index contributed by atoms with van der Waals surface area (Å²) in [5.74, 6) is 2.29. The van der Waals surface area contributed by atoms with Crippen LogP contribution in [0.5, 0.6) is 11.5 Å². The molecule has 6 heteroatoms. The van der Waals surface area contributed by atoms with E-state index >= 15 is 0 Å². The van der Waals surface area contributed by atoms with Gasteiger partial charge in [-0.25, -0.2) is 4.79 Å². The van der Waals surface area contributed by atoms with Gasteiger partial charge < -0.3 is 24.5 Å². The number of amides is 2. The maximum Gasteiger partial charge on any atom is 0.315 e. The summed E-state index contributed by atoms with van der Waals surface area (Å²) in [5.41, 5.74) is 0. The Bertz CT molecular complexity index is 642. The van der Waals surface area contributed by atoms with Gasteiger partial charge in [-0.1, -0.05) is 12.1 Å². The Balaban J connectivity index is 1.41. The van der Waals surface area contributed by atoms with Crippen molar-refractivity contribution in [3.8, 4) is 11.5 Å². The van der Waals surface area contributed by atoms with Gasteiger partial charge in [0.1, 0.15) is 12.4 Å². The number of ether oxygens (including phenoxy) is 2. The molecule has 2 aromatic rings. The van der Waals surface area contributed by atoms with Crippen LogP contribution >= 0.6 is 0 Å². The first-order chi connectivity index (χ1) is 11.2. The van der Waals surface area contributed by atoms with E-state index in [-0.39, 0.29) is 18.2 Å². The van der Waals surface area contributed by atoms with Gasteiger partial charge in [-0.3, -0.25) is 0 Å². The van der Waals surface area contributed by atoms with Crippen molar-refractivity contribution in [2.75, 3.05) is 13.2 Å². The zero-order chi connectivity index (χ0) is 16.1. The maximum atomic E-state index is 11.9. The second kappa shape index (κ2) is 7.09. The topological polar surface area (TPSA) is 72.7 Å². The molecule has 0 bridgehead atoms. The Morgan fingerprint density at radius 3 is 2.87 bits per heavy atom. The third-order valence-electron chi connectivity index (χ3n) is 3.52. The predicted molar refractivity (Wildman–Crippen MR) is 84.8 cm³/mol. The quantitative estimate of drug-likeness (QED) is 0.888. The van der Waals surface area contributed by atoms with Gasteiger partial charge in [0.2, 0.25) is 0 Å². The van der Waals surface area contributed by atoms with Crippen LogP contribution in [0.3, 0.4) is 0 Å². The highest BCUT2D eigenvalue weighted by molar-refractivity contribution is 5.74. The highest BCUT2D eigenvalue weighted by atomic mass is 16.6. The fourth-order valence-corrected chi connectivity index (χ4v) is 2.43. The van der Waals surface area contributed by atoms with E-state index in [1.54, 1.807) is 6.26 Å². The summed E-state index contributed by atoms with van der Waals surface area (Å²) in [6.45, 7) is 2.73. The number of benzene rings is 1. The second-order valence-electron chi connectivity index (χ2n) is 5.54. The monoisotopic (exact) mass is 316 g/mol. The summed E-state index contributed by atoms with van der Waals surface area (Å²) in [7, 11) is 0. The van der Waals surface area contributed by atoms with Crippen molar-refractivity contribution >= 4 is 6.03 Å². The summed E-state index contributed by atoms with van der Waals surface area (Å²) < 4.78 is 16.7. The van der Waals surface area contributed by atoms with Crippen LogP contribution in [0.4, 0.5) is 4.79 Å². The van der Waals surface area contributed by atoms with Gasteiger partial charge >= 0.3 is 6.03 Å². The minimum atomic E-state index is -0.230. The lowest BCUT2D eigenvalue weighted by Gasteiger charge is -2.26. The third-order valence-corrected chi connectivity index (χ3v) is 3.52. The zero-order valence-corrected chi connectivity index (χ0v) is 13.0. The van der Waals surface area contributed by atoms with Crippen LogP contribution in [0.15, 0.2) is 47.1 Å². The summed E-state index contributed by atoms with van der Waals surface area (Å²) in [6.07, 6.45) is 2.08. The molecule has 6 nitrogen and oxygen atoms in total. The second-order valence-corrected chi connectivity index (χ2v) is 5.54. The molecular formula is C17H20N2O4. The molecule has 122 valence electrons. The van der Waals surface area contributed by atoms with Crippen LogP contribution in [0.25, 0.3) is 0 Å². The molecule has 23 heavy (non-hydrogen) atoms. The molecule has 2 N–H and O–H groups in total. The molecular weight excluding hydrogens is 296 g/mol. The van der Waals surface area contributed by atoms with E-state index < -0.39 is 0 Å². The number of hydrogen-bond acceptors (Lipinski definition) is 4. The van der Waals surface area contributed by atoms with E-state index in [2.05, 4.69) is 10.6 Å². The molecule has 0 fully saturated rings. The van der Waals surface area contributed by atoms with Crippen LogP contribution in [-0.2, 0) is 6.42 Å². The van der Waals surface area contributed by atoms with E-state index in [0.717, 1.165) is 11.5 Å². The van der Waals surface area contributed by atoms with Crippen molar-refractivity contribution in [2.24, 2.45) is 0 Å². The van der Waals surface area contributed by atoms with Gasteiger partial charge in [-0.05, 0) is 31.2 Å². The average Bonchev–Trinajstić information content (AvgIpc) is 3.05. The molecule has 2 unspecified atom stereocenters. The summed E-state index contributed by atoms with van der Waals surface area (Å²) in [6, 6.07) is 11.0. The van der Waals surface area contributed by atoms with Gasteiger partial charge in [0.15, 0.2) is 17.6 Å². The maximum absolute atomic E-state index is 11.9. The lowest BCUT2D eigenvalue weighted by Crippen LogP contribution is -2.47. The lowest BCUT2D eigenvalue weighted by molar-refractivity contribution is 0.0917. The molecule has 0 spiro atoms. The molecule has 1 aromatic heterocycles. The third kappa shape index (κ3) is 4.18. The number of carbonyl (C=O) groups is 1. The summed E-state index contributed by atoms with van der Waals surface area (Å²) in [5, 5.41) is 5.68. The summed E-state index contributed by atoms with van der Waals surface area (Å²) in [4.78, 5) is 11.9. The van der Waals surface area contributed by atoms with Gasteiger partial charge in [-0.15, -0.1) is 0 Å². The smallest absolute Gasteiger partial charge is 0.315 e. The molecule has 0 saturated heterocycles. The minimum absolute atomic E-state index is 0.0228. The van der Waals surface area contributed by atoms with Crippen LogP contribution in [-0.4, -0.2) is 31.3 Å². The fourth-order valence-electron chi connectivity index (χ4n) is 2.43. The average molecular weight is 316 g/mol. The SMILES string of the molecule is CC(Cc1ccco1)NC(=O)NCC1COc2ccccc2O1. The normalized spacial score (nSPS) is 17.3. The molecule has 0 radical (unpaired) electrons. The van der Waals surface area contributed by atoms with E-state index in [1.165, 1.54) is 0 Å². The molecule has 2 amide bonds. The Hall–Kier alpha value is -2.63. The van der Waals surface area contributed by atoms with Crippen molar-refractivity contribution in [3.63, 3.8) is 0 Å². The van der Waals surface area contributed by atoms with Crippen molar-refractivity contribution in [2.45, 2.75) is 25.5 Å². The number of carbonyl (C=O) groups excluding carboxylic acids is 1. The van der Waals surface area contributed by atoms with Crippen molar-refractivity contribution in [3.05, 3.63) is 48.4 Å². The zero-order valence-electron chi connectivity index (χ0n) is 13.0. The van der Waals surface area contributed by atoms with Gasteiger partial charge in [0.25, 0.3) is 0 Å². The Morgan fingerprint density at radius 1 is 1.26 bits per heavy atom. The molecule has 2 atom stereocenters. The first-order valence-electron chi connectivity index (χ1n) is 7.66. The molecule has 3 rings (SSSR count). The number of rotatable bonds is 5. The van der Waals surface area contributed by atoms with Crippen molar-refractivity contribution in [1.29, 1.82) is 0 Å². The number of fused-ring (bicyclic) bond motifs is 1. The molecule has 1 aromatic carbocycles. The fraction of sp³-hybridized carbons (Fsp3) is 0.353. The van der Waals surface area contributed by atoms with E-state index in [1.807, 2.05) is 43.3 Å². The number of nitrogens with one attached hydrogen (secondary N) is 2. The molecule has 1 aliphatic heterocycles. The van der Waals surface area contributed by atoms with Crippen LogP contribution in [0, 0.1) is 0 Å². The van der Waals surface area contributed by atoms with Gasteiger partial charge in [0, 0.05) is 12.5 Å². The number of hydrogen-bond donors (Lipinski definition) is 2. The first kappa shape index (κ1) is 15.3. The molecule has 1 aliphatic rings. The number of urea groups is 1. The van der Waals surface area contributed by atoms with E-state index in [4.69, 9.17) is 13.9 Å². The first-order valence-corrected chi connectivity index (χ1v) is 7.66. The summed E-state index contributed by atoms with van der Waals surface area (Å²) >= 11 is 0. The lowest BCUT2D eigenvalue weighted by atomic mass is 10.2. The van der Waals surface area contributed by atoms with Crippen LogP contribution in [0.1, 0.15) is 12.7 Å². The highest BCUT2D eigenvalue weighted by Gasteiger charge is 2.21. The van der Waals surface area contributed by atoms with Crippen molar-refractivity contribution < 1.29 is 18.7 Å². The van der Waals surface area contributed by atoms with E-state index in [9.17, 15) is 4.79 Å². The Kier molecular flexibility index (Phi) is 4.71. The standard InChI is InChI=1S/C17H20N2O4/c1-12(9-13-5-4-8-21-13)19-17(20)18-10-14-11-22-15-6-2-3-7-16(15)23-14/h2-8,12,14H,9-11H2,1H3,(H2,18,19,20). The number of para-hydroxylation sites is 2. The molecule has 0 saturated carbocycles. The minimum Gasteiger partial charge on any atom is -0.486 e.